The number of aromatic nitrogens is 2. The topological polar surface area (TPSA) is 67.6 Å². The van der Waals surface area contributed by atoms with Gasteiger partial charge in [0.1, 0.15) is 11.6 Å². The van der Waals surface area contributed by atoms with Gasteiger partial charge in [0.25, 0.3) is 5.56 Å². The van der Waals surface area contributed by atoms with Crippen molar-refractivity contribution in [3.63, 3.8) is 0 Å². The molecule has 0 radical (unpaired) electrons. The SMILES string of the molecule is CCc1nc2ccccc2c(=O)n1CC1(O)CCN(Cc2cccc(OC)c2)CC1. The van der Waals surface area contributed by atoms with Crippen molar-refractivity contribution >= 4 is 10.9 Å². The highest BCUT2D eigenvalue weighted by Crippen LogP contribution is 2.26. The van der Waals surface area contributed by atoms with Crippen LogP contribution >= 0.6 is 0 Å². The van der Waals surface area contributed by atoms with Crippen molar-refractivity contribution < 1.29 is 9.84 Å². The number of benzene rings is 2. The molecule has 2 heterocycles. The Kier molecular flexibility index (Phi) is 5.88. The molecule has 6 nitrogen and oxygen atoms in total. The standard InChI is InChI=1S/C24H29N3O3/c1-3-22-25-21-10-5-4-9-20(21)23(28)27(22)17-24(29)11-13-26(14-12-24)16-18-7-6-8-19(15-18)30-2/h4-10,15,29H,3,11-14,16-17H2,1-2H3. The van der Waals surface area contributed by atoms with E-state index < -0.39 is 5.60 Å². The maximum Gasteiger partial charge on any atom is 0.261 e. The quantitative estimate of drug-likeness (QED) is 0.680. The fraction of sp³-hybridized carbons (Fsp3) is 0.417. The Labute approximate surface area is 176 Å². The summed E-state index contributed by atoms with van der Waals surface area (Å²) in [4.78, 5) is 20.1. The predicted octanol–water partition coefficient (Wildman–Crippen LogP) is 2.99. The van der Waals surface area contributed by atoms with Gasteiger partial charge in [0, 0.05) is 26.1 Å². The zero-order chi connectivity index (χ0) is 21.1. The minimum absolute atomic E-state index is 0.0651. The highest BCUT2D eigenvalue weighted by molar-refractivity contribution is 5.77. The van der Waals surface area contributed by atoms with E-state index in [0.29, 0.717) is 31.2 Å². The van der Waals surface area contributed by atoms with Crippen LogP contribution in [0.3, 0.4) is 0 Å². The minimum atomic E-state index is -0.900. The van der Waals surface area contributed by atoms with Gasteiger partial charge in [0.15, 0.2) is 0 Å². The van der Waals surface area contributed by atoms with Gasteiger partial charge in [0.05, 0.1) is 30.2 Å². The summed E-state index contributed by atoms with van der Waals surface area (Å²) in [5.41, 5.74) is 0.950. The first-order chi connectivity index (χ1) is 14.5. The maximum atomic E-state index is 13.1. The van der Waals surface area contributed by atoms with Crippen molar-refractivity contribution in [2.45, 2.75) is 44.9 Å². The molecule has 1 aliphatic heterocycles. The molecule has 6 heteroatoms. The number of hydrogen-bond donors (Lipinski definition) is 1. The molecule has 1 N–H and O–H groups in total. The molecule has 0 saturated carbocycles. The summed E-state index contributed by atoms with van der Waals surface area (Å²) in [6, 6.07) is 15.5. The Balaban J connectivity index is 1.48. The third kappa shape index (κ3) is 4.25. The van der Waals surface area contributed by atoms with Gasteiger partial charge in [-0.05, 0) is 42.7 Å². The van der Waals surface area contributed by atoms with Crippen LogP contribution in [0.2, 0.25) is 0 Å². The number of likely N-dealkylation sites (tertiary alicyclic amines) is 1. The molecular weight excluding hydrogens is 378 g/mol. The van der Waals surface area contributed by atoms with Crippen LogP contribution in [0.15, 0.2) is 53.3 Å². The smallest absolute Gasteiger partial charge is 0.261 e. The van der Waals surface area contributed by atoms with Crippen LogP contribution in [0, 0.1) is 0 Å². The molecule has 0 aliphatic carbocycles. The lowest BCUT2D eigenvalue weighted by Crippen LogP contribution is -2.48. The molecule has 1 aromatic heterocycles. The van der Waals surface area contributed by atoms with Gasteiger partial charge >= 0.3 is 0 Å². The number of piperidine rings is 1. The van der Waals surface area contributed by atoms with Crippen LogP contribution in [0.4, 0.5) is 0 Å². The van der Waals surface area contributed by atoms with Gasteiger partial charge in [-0.2, -0.15) is 0 Å². The van der Waals surface area contributed by atoms with Crippen molar-refractivity contribution in [2.24, 2.45) is 0 Å². The van der Waals surface area contributed by atoms with E-state index in [9.17, 15) is 9.90 Å². The van der Waals surface area contributed by atoms with E-state index in [1.165, 1.54) is 5.56 Å². The number of hydrogen-bond acceptors (Lipinski definition) is 5. The third-order valence-corrected chi connectivity index (χ3v) is 6.04. The number of ether oxygens (including phenoxy) is 1. The average Bonchev–Trinajstić information content (AvgIpc) is 2.77. The van der Waals surface area contributed by atoms with Crippen LogP contribution < -0.4 is 10.3 Å². The fourth-order valence-corrected chi connectivity index (χ4v) is 4.26. The molecule has 0 atom stereocenters. The summed E-state index contributed by atoms with van der Waals surface area (Å²) in [6.07, 6.45) is 1.90. The molecule has 4 rings (SSSR count). The van der Waals surface area contributed by atoms with Crippen LogP contribution in [-0.2, 0) is 19.5 Å². The number of rotatable bonds is 6. The number of aryl methyl sites for hydroxylation is 1. The molecule has 1 aliphatic rings. The highest BCUT2D eigenvalue weighted by Gasteiger charge is 2.33. The van der Waals surface area contributed by atoms with E-state index in [0.717, 1.165) is 36.7 Å². The molecule has 158 valence electrons. The number of aliphatic hydroxyl groups is 1. The Morgan fingerprint density at radius 3 is 2.63 bits per heavy atom. The second-order valence-corrected chi connectivity index (χ2v) is 8.14. The Morgan fingerprint density at radius 2 is 1.90 bits per heavy atom. The van der Waals surface area contributed by atoms with Gasteiger partial charge in [-0.3, -0.25) is 14.3 Å². The fourth-order valence-electron chi connectivity index (χ4n) is 4.26. The molecule has 0 amide bonds. The van der Waals surface area contributed by atoms with E-state index in [2.05, 4.69) is 22.0 Å². The molecule has 0 spiro atoms. The van der Waals surface area contributed by atoms with Gasteiger partial charge < -0.3 is 9.84 Å². The van der Waals surface area contributed by atoms with Crippen molar-refractivity contribution in [1.29, 1.82) is 0 Å². The molecule has 0 bridgehead atoms. The van der Waals surface area contributed by atoms with Crippen LogP contribution in [0.25, 0.3) is 10.9 Å². The summed E-state index contributed by atoms with van der Waals surface area (Å²) in [7, 11) is 1.67. The van der Waals surface area contributed by atoms with E-state index in [-0.39, 0.29) is 5.56 Å². The van der Waals surface area contributed by atoms with Crippen LogP contribution in [0.5, 0.6) is 5.75 Å². The van der Waals surface area contributed by atoms with Crippen LogP contribution in [0.1, 0.15) is 31.2 Å². The van der Waals surface area contributed by atoms with Crippen molar-refractivity contribution in [2.75, 3.05) is 20.2 Å². The van der Waals surface area contributed by atoms with Gasteiger partial charge in [-0.15, -0.1) is 0 Å². The van der Waals surface area contributed by atoms with Gasteiger partial charge in [0.2, 0.25) is 0 Å². The van der Waals surface area contributed by atoms with E-state index in [4.69, 9.17) is 4.74 Å². The molecule has 1 fully saturated rings. The summed E-state index contributed by atoms with van der Waals surface area (Å²) < 4.78 is 6.99. The number of para-hydroxylation sites is 1. The second kappa shape index (κ2) is 8.58. The summed E-state index contributed by atoms with van der Waals surface area (Å²) >= 11 is 0. The molecule has 3 aromatic rings. The number of methoxy groups -OCH3 is 1. The zero-order valence-corrected chi connectivity index (χ0v) is 17.7. The first kappa shape index (κ1) is 20.6. The molecule has 0 unspecified atom stereocenters. The first-order valence-corrected chi connectivity index (χ1v) is 10.6. The maximum absolute atomic E-state index is 13.1. The van der Waals surface area contributed by atoms with E-state index in [1.54, 1.807) is 17.7 Å². The Hall–Kier alpha value is -2.70. The first-order valence-electron chi connectivity index (χ1n) is 10.6. The Morgan fingerprint density at radius 1 is 1.13 bits per heavy atom. The van der Waals surface area contributed by atoms with E-state index >= 15 is 0 Å². The molecule has 1 saturated heterocycles. The van der Waals surface area contributed by atoms with Gasteiger partial charge in [-0.25, -0.2) is 4.98 Å². The average molecular weight is 408 g/mol. The van der Waals surface area contributed by atoms with E-state index in [1.807, 2.05) is 37.3 Å². The lowest BCUT2D eigenvalue weighted by molar-refractivity contribution is -0.0370. The molecule has 30 heavy (non-hydrogen) atoms. The Bertz CT molecular complexity index is 1080. The van der Waals surface area contributed by atoms with Crippen molar-refractivity contribution in [1.82, 2.24) is 14.5 Å². The van der Waals surface area contributed by atoms with Gasteiger partial charge in [-0.1, -0.05) is 31.2 Å². The third-order valence-electron chi connectivity index (χ3n) is 6.04. The highest BCUT2D eigenvalue weighted by atomic mass is 16.5. The zero-order valence-electron chi connectivity index (χ0n) is 17.7. The molecular formula is C24H29N3O3. The van der Waals surface area contributed by atoms with Crippen molar-refractivity contribution in [3.05, 3.63) is 70.3 Å². The summed E-state index contributed by atoms with van der Waals surface area (Å²) in [5, 5.41) is 11.9. The summed E-state index contributed by atoms with van der Waals surface area (Å²) in [6.45, 7) is 4.68. The number of nitrogens with zero attached hydrogens (tertiary/aromatic N) is 3. The van der Waals surface area contributed by atoms with Crippen LogP contribution in [-0.4, -0.2) is 45.4 Å². The largest absolute Gasteiger partial charge is 0.497 e. The lowest BCUT2D eigenvalue weighted by Gasteiger charge is -2.38. The van der Waals surface area contributed by atoms with Crippen molar-refractivity contribution in [3.8, 4) is 5.75 Å². The minimum Gasteiger partial charge on any atom is -0.497 e. The normalized spacial score (nSPS) is 16.6. The lowest BCUT2D eigenvalue weighted by atomic mass is 9.90. The predicted molar refractivity (Wildman–Crippen MR) is 118 cm³/mol. The second-order valence-electron chi connectivity index (χ2n) is 8.14. The number of fused-ring (bicyclic) bond motifs is 1. The molecule has 2 aromatic carbocycles. The summed E-state index contributed by atoms with van der Waals surface area (Å²) in [5.74, 6) is 1.59. The monoisotopic (exact) mass is 407 g/mol.